The highest BCUT2D eigenvalue weighted by atomic mass is 16.5. The Morgan fingerprint density at radius 2 is 1.41 bits per heavy atom. The van der Waals surface area contributed by atoms with Gasteiger partial charge in [0.2, 0.25) is 0 Å². The number of rotatable bonds is 12. The van der Waals surface area contributed by atoms with E-state index >= 15 is 0 Å². The topological polar surface area (TPSA) is 71.4 Å². The maximum atomic E-state index is 12.7. The Bertz CT molecular complexity index is 2200. The predicted octanol–water partition coefficient (Wildman–Crippen LogP) is 11.1. The highest BCUT2D eigenvalue weighted by Crippen LogP contribution is 2.48. The summed E-state index contributed by atoms with van der Waals surface area (Å²) in [4.78, 5) is 34.7. The fourth-order valence-electron chi connectivity index (χ4n) is 7.88. The number of nitrogens with zero attached hydrogens (tertiary/aromatic N) is 3. The van der Waals surface area contributed by atoms with Gasteiger partial charge in [0, 0.05) is 53.4 Å². The zero-order valence-electron chi connectivity index (χ0n) is 33.9. The number of anilines is 3. The van der Waals surface area contributed by atoms with E-state index in [9.17, 15) is 9.59 Å². The van der Waals surface area contributed by atoms with Gasteiger partial charge in [-0.25, -0.2) is 9.59 Å². The molecule has 6 rings (SSSR count). The Hall–Kier alpha value is -5.95. The Morgan fingerprint density at radius 3 is 2.00 bits per heavy atom. The van der Waals surface area contributed by atoms with E-state index in [0.717, 1.165) is 58.1 Å². The first-order chi connectivity index (χ1) is 26.9. The molecule has 0 spiro atoms. The Balaban J connectivity index is 1.45. The van der Waals surface area contributed by atoms with Crippen molar-refractivity contribution in [3.63, 3.8) is 0 Å². The van der Waals surface area contributed by atoms with Gasteiger partial charge in [-0.1, -0.05) is 88.4 Å². The summed E-state index contributed by atoms with van der Waals surface area (Å²) >= 11 is 0. The highest BCUT2D eigenvalue weighted by Gasteiger charge is 2.39. The third-order valence-corrected chi connectivity index (χ3v) is 10.9. The molecule has 1 aliphatic heterocycles. The van der Waals surface area contributed by atoms with Crippen molar-refractivity contribution in [1.29, 1.82) is 0 Å². The Labute approximate surface area is 332 Å². The third kappa shape index (κ3) is 7.90. The second-order valence-corrected chi connectivity index (χ2v) is 15.1. The van der Waals surface area contributed by atoms with Crippen LogP contribution in [0.15, 0.2) is 155 Å². The van der Waals surface area contributed by atoms with Crippen molar-refractivity contribution in [3.8, 4) is 0 Å². The Kier molecular flexibility index (Phi) is 11.9. The first kappa shape index (κ1) is 39.7. The third-order valence-electron chi connectivity index (χ3n) is 10.9. The first-order valence-electron chi connectivity index (χ1n) is 19.5. The van der Waals surface area contributed by atoms with Crippen LogP contribution in [0.4, 0.5) is 17.1 Å². The SMILES string of the molecule is CCOC(=O)c1cccc(C(C)(C)C(/C=C/C2=C(N(c3ccccc3)c3ccccc3)C(=C/C=C3/N(C)c4ccc(C(=O)OCC)cc4C3(C)C)/CC2)=NC)c1. The predicted molar refractivity (Wildman–Crippen MR) is 229 cm³/mol. The molecule has 0 saturated heterocycles. The molecule has 1 aliphatic carbocycles. The number of hydrogen-bond acceptors (Lipinski definition) is 7. The van der Waals surface area contributed by atoms with Crippen LogP contribution in [0.3, 0.4) is 0 Å². The van der Waals surface area contributed by atoms with Crippen molar-refractivity contribution in [2.45, 2.75) is 65.2 Å². The quantitative estimate of drug-likeness (QED) is 0.106. The standard InChI is InChI=1S/C49H53N3O4/c1-9-55-46(53)36-18-17-19-38(32-36)48(3,4)43(50-7)30-27-34-24-25-35(45(34)52(39-20-13-11-14-21-39)40-22-15-12-16-23-40)28-31-44-49(5,6)41-33-37(47(54)56-10-2)26-29-42(41)51(44)8/h11-23,26-33H,9-10,24-25H2,1-8H3/b30-27+,35-28+,44-31+,50-43?. The number of likely N-dealkylation sites (N-methyl/N-ethyl adjacent to an activating group) is 1. The van der Waals surface area contributed by atoms with Crippen LogP contribution in [0.1, 0.15) is 86.2 Å². The van der Waals surface area contributed by atoms with Crippen LogP contribution < -0.4 is 9.80 Å². The summed E-state index contributed by atoms with van der Waals surface area (Å²) in [5.41, 5.74) is 11.1. The molecule has 0 bridgehead atoms. The number of aliphatic imine (C=N–C) groups is 1. The van der Waals surface area contributed by atoms with Gasteiger partial charge in [0.25, 0.3) is 0 Å². The summed E-state index contributed by atoms with van der Waals surface area (Å²) < 4.78 is 10.6. The fourth-order valence-corrected chi connectivity index (χ4v) is 7.88. The molecule has 4 aromatic carbocycles. The van der Waals surface area contributed by atoms with E-state index < -0.39 is 5.41 Å². The second kappa shape index (κ2) is 16.8. The van der Waals surface area contributed by atoms with Crippen LogP contribution in [-0.2, 0) is 20.3 Å². The number of carbonyl (C=O) groups excluding carboxylic acids is 2. The van der Waals surface area contributed by atoms with Crippen molar-refractivity contribution in [3.05, 3.63) is 172 Å². The molecule has 0 amide bonds. The molecule has 0 aromatic heterocycles. The van der Waals surface area contributed by atoms with Crippen LogP contribution in [0.25, 0.3) is 0 Å². The van der Waals surface area contributed by atoms with Crippen molar-refractivity contribution < 1.29 is 19.1 Å². The Morgan fingerprint density at radius 1 is 0.804 bits per heavy atom. The van der Waals surface area contributed by atoms with E-state index in [1.807, 2.05) is 69.4 Å². The number of esters is 2. The lowest BCUT2D eigenvalue weighted by Gasteiger charge is -2.29. The van der Waals surface area contributed by atoms with Crippen molar-refractivity contribution >= 4 is 34.7 Å². The molecule has 7 nitrogen and oxygen atoms in total. The van der Waals surface area contributed by atoms with Gasteiger partial charge in [0.1, 0.15) is 0 Å². The van der Waals surface area contributed by atoms with Crippen molar-refractivity contribution in [2.75, 3.05) is 37.1 Å². The largest absolute Gasteiger partial charge is 0.462 e. The summed E-state index contributed by atoms with van der Waals surface area (Å²) in [7, 11) is 3.92. The van der Waals surface area contributed by atoms with Crippen LogP contribution in [-0.4, -0.2) is 45.0 Å². The lowest BCUT2D eigenvalue weighted by molar-refractivity contribution is 0.0516. The molecule has 1 heterocycles. The molecule has 0 fully saturated rings. The molecule has 0 radical (unpaired) electrons. The molecule has 7 heteroatoms. The van der Waals surface area contributed by atoms with E-state index in [1.165, 1.54) is 11.1 Å². The molecule has 0 N–H and O–H groups in total. The van der Waals surface area contributed by atoms with Crippen LogP contribution in [0, 0.1) is 0 Å². The summed E-state index contributed by atoms with van der Waals surface area (Å²) in [6.07, 6.45) is 10.6. The molecule has 288 valence electrons. The van der Waals surface area contributed by atoms with E-state index in [0.29, 0.717) is 24.3 Å². The fraction of sp³-hybridized carbons (Fsp3) is 0.286. The van der Waals surface area contributed by atoms with E-state index in [1.54, 1.807) is 6.07 Å². The molecule has 0 saturated carbocycles. The molecule has 0 atom stereocenters. The van der Waals surface area contributed by atoms with Gasteiger partial charge < -0.3 is 19.3 Å². The first-order valence-corrected chi connectivity index (χ1v) is 19.5. The maximum Gasteiger partial charge on any atom is 0.338 e. The van der Waals surface area contributed by atoms with E-state index in [4.69, 9.17) is 14.5 Å². The minimum atomic E-state index is -0.491. The minimum absolute atomic E-state index is 0.304. The van der Waals surface area contributed by atoms with Crippen LogP contribution in [0.2, 0.25) is 0 Å². The van der Waals surface area contributed by atoms with Gasteiger partial charge in [0.15, 0.2) is 0 Å². The summed E-state index contributed by atoms with van der Waals surface area (Å²) in [6, 6.07) is 34.5. The number of benzene rings is 4. The zero-order valence-corrected chi connectivity index (χ0v) is 33.9. The number of para-hydroxylation sites is 2. The molecule has 0 unspecified atom stereocenters. The van der Waals surface area contributed by atoms with Crippen molar-refractivity contribution in [1.82, 2.24) is 0 Å². The summed E-state index contributed by atoms with van der Waals surface area (Å²) in [5.74, 6) is -0.633. The molecule has 56 heavy (non-hydrogen) atoms. The molecular weight excluding hydrogens is 695 g/mol. The van der Waals surface area contributed by atoms with E-state index in [2.05, 4.69) is 117 Å². The maximum absolute atomic E-state index is 12.7. The monoisotopic (exact) mass is 747 g/mol. The highest BCUT2D eigenvalue weighted by molar-refractivity contribution is 6.03. The number of carbonyl (C=O) groups is 2. The number of allylic oxidation sites excluding steroid dienone is 7. The summed E-state index contributed by atoms with van der Waals surface area (Å²) in [5, 5.41) is 0. The average molecular weight is 748 g/mol. The number of hydrogen-bond donors (Lipinski definition) is 0. The number of ether oxygens (including phenoxy) is 2. The number of fused-ring (bicyclic) bond motifs is 1. The van der Waals surface area contributed by atoms with Gasteiger partial charge >= 0.3 is 11.9 Å². The zero-order chi connectivity index (χ0) is 40.0. The van der Waals surface area contributed by atoms with Crippen molar-refractivity contribution in [2.24, 2.45) is 4.99 Å². The van der Waals surface area contributed by atoms with Gasteiger partial charge in [0.05, 0.1) is 30.0 Å². The minimum Gasteiger partial charge on any atom is -0.462 e. The summed E-state index contributed by atoms with van der Waals surface area (Å²) in [6.45, 7) is 13.0. The van der Waals surface area contributed by atoms with Gasteiger partial charge in [-0.15, -0.1) is 0 Å². The molecule has 4 aromatic rings. The lowest BCUT2D eigenvalue weighted by atomic mass is 9.79. The van der Waals surface area contributed by atoms with E-state index in [-0.39, 0.29) is 17.4 Å². The normalized spacial score (nSPS) is 16.9. The van der Waals surface area contributed by atoms with Gasteiger partial charge in [-0.05, 0) is 116 Å². The second-order valence-electron chi connectivity index (χ2n) is 15.1. The average Bonchev–Trinajstić information content (AvgIpc) is 3.68. The van der Waals surface area contributed by atoms with Crippen LogP contribution >= 0.6 is 0 Å². The van der Waals surface area contributed by atoms with Crippen LogP contribution in [0.5, 0.6) is 0 Å². The molecule has 2 aliphatic rings. The van der Waals surface area contributed by atoms with Gasteiger partial charge in [-0.3, -0.25) is 4.99 Å². The van der Waals surface area contributed by atoms with Gasteiger partial charge in [-0.2, -0.15) is 0 Å². The lowest BCUT2D eigenvalue weighted by Crippen LogP contribution is -2.28. The smallest absolute Gasteiger partial charge is 0.338 e. The molecular formula is C49H53N3O4.